The monoisotopic (exact) mass is 379 g/mol. The van der Waals surface area contributed by atoms with E-state index in [1.807, 2.05) is 24.3 Å². The summed E-state index contributed by atoms with van der Waals surface area (Å²) >= 11 is 0. The van der Waals surface area contributed by atoms with Crippen molar-refractivity contribution in [3.05, 3.63) is 65.7 Å². The summed E-state index contributed by atoms with van der Waals surface area (Å²) < 4.78 is 0. The maximum absolute atomic E-state index is 12.7. The van der Waals surface area contributed by atoms with Crippen LogP contribution in [-0.2, 0) is 0 Å². The second kappa shape index (κ2) is 9.51. The summed E-state index contributed by atoms with van der Waals surface area (Å²) in [4.78, 5) is 27.5. The number of para-hydroxylation sites is 1. The fourth-order valence-electron chi connectivity index (χ4n) is 3.97. The quantitative estimate of drug-likeness (QED) is 0.805. The van der Waals surface area contributed by atoms with Crippen LogP contribution in [0.4, 0.5) is 5.69 Å². The first-order chi connectivity index (χ1) is 13.5. The van der Waals surface area contributed by atoms with Gasteiger partial charge in [-0.2, -0.15) is 0 Å². The van der Waals surface area contributed by atoms with Crippen molar-refractivity contribution in [2.24, 2.45) is 11.8 Å². The molecule has 1 heterocycles. The van der Waals surface area contributed by atoms with Crippen LogP contribution < -0.4 is 10.6 Å². The third-order valence-corrected chi connectivity index (χ3v) is 5.11. The Bertz CT molecular complexity index is 797. The minimum atomic E-state index is -0.225. The van der Waals surface area contributed by atoms with E-state index in [4.69, 9.17) is 0 Å². The molecule has 1 fully saturated rings. The molecule has 2 amide bonds. The van der Waals surface area contributed by atoms with Gasteiger partial charge in [0.2, 0.25) is 0 Å². The first-order valence-corrected chi connectivity index (χ1v) is 9.99. The van der Waals surface area contributed by atoms with Gasteiger partial charge in [-0.15, -0.1) is 0 Å². The maximum atomic E-state index is 12.7. The molecule has 2 aromatic rings. The van der Waals surface area contributed by atoms with Crippen LogP contribution in [0.2, 0.25) is 0 Å². The van der Waals surface area contributed by atoms with Crippen LogP contribution in [0.5, 0.6) is 0 Å². The number of amides is 2. The number of likely N-dealkylation sites (tertiary alicyclic amines) is 1. The summed E-state index contributed by atoms with van der Waals surface area (Å²) in [6.45, 7) is 8.19. The normalized spacial score (nSPS) is 19.8. The molecule has 1 aliphatic heterocycles. The highest BCUT2D eigenvalue weighted by Crippen LogP contribution is 2.20. The number of piperidine rings is 1. The molecule has 3 rings (SSSR count). The average Bonchev–Trinajstić information content (AvgIpc) is 2.68. The standard InChI is InChI=1S/C23H29N3O2/c1-17-14-18(2)16-26(15-17)13-12-24-23(28)20-10-6-7-11-21(20)25-22(27)19-8-4-3-5-9-19/h3-11,17-18H,12-16H2,1-2H3,(H,24,28)(H,25,27). The number of rotatable bonds is 6. The average molecular weight is 380 g/mol. The first-order valence-electron chi connectivity index (χ1n) is 9.99. The molecule has 0 spiro atoms. The van der Waals surface area contributed by atoms with Gasteiger partial charge in [-0.1, -0.05) is 44.2 Å². The van der Waals surface area contributed by atoms with Crippen molar-refractivity contribution in [2.75, 3.05) is 31.5 Å². The second-order valence-corrected chi connectivity index (χ2v) is 7.83. The Labute approximate surface area is 167 Å². The van der Waals surface area contributed by atoms with E-state index >= 15 is 0 Å². The van der Waals surface area contributed by atoms with Gasteiger partial charge in [-0.25, -0.2) is 0 Å². The molecule has 0 aliphatic carbocycles. The molecule has 0 radical (unpaired) electrons. The van der Waals surface area contributed by atoms with E-state index in [2.05, 4.69) is 29.4 Å². The molecule has 0 bridgehead atoms. The minimum Gasteiger partial charge on any atom is -0.351 e. The Hall–Kier alpha value is -2.66. The van der Waals surface area contributed by atoms with Crippen LogP contribution in [-0.4, -0.2) is 42.9 Å². The van der Waals surface area contributed by atoms with Crippen LogP contribution in [0, 0.1) is 11.8 Å². The summed E-state index contributed by atoms with van der Waals surface area (Å²) in [5.41, 5.74) is 1.56. The van der Waals surface area contributed by atoms with Crippen LogP contribution in [0.15, 0.2) is 54.6 Å². The molecule has 148 valence electrons. The number of carbonyl (C=O) groups is 2. The molecule has 2 atom stereocenters. The predicted molar refractivity (Wildman–Crippen MR) is 113 cm³/mol. The molecule has 28 heavy (non-hydrogen) atoms. The van der Waals surface area contributed by atoms with E-state index in [1.165, 1.54) is 6.42 Å². The van der Waals surface area contributed by atoms with Gasteiger partial charge in [-0.3, -0.25) is 9.59 Å². The fraction of sp³-hybridized carbons (Fsp3) is 0.391. The lowest BCUT2D eigenvalue weighted by atomic mass is 9.92. The Morgan fingerprint density at radius 3 is 2.29 bits per heavy atom. The summed E-state index contributed by atoms with van der Waals surface area (Å²) in [7, 11) is 0. The molecule has 1 aliphatic rings. The molecule has 2 N–H and O–H groups in total. The van der Waals surface area contributed by atoms with Crippen molar-refractivity contribution in [3.63, 3.8) is 0 Å². The largest absolute Gasteiger partial charge is 0.351 e. The SMILES string of the molecule is CC1CC(C)CN(CCNC(=O)c2ccccc2NC(=O)c2ccccc2)C1. The zero-order valence-corrected chi connectivity index (χ0v) is 16.7. The van der Waals surface area contributed by atoms with E-state index in [0.717, 1.165) is 19.6 Å². The van der Waals surface area contributed by atoms with Crippen molar-refractivity contribution in [1.82, 2.24) is 10.2 Å². The molecule has 2 aromatic carbocycles. The number of benzene rings is 2. The summed E-state index contributed by atoms with van der Waals surface area (Å²) in [5.74, 6) is 1.01. The van der Waals surface area contributed by atoms with Crippen LogP contribution in [0.3, 0.4) is 0 Å². The maximum Gasteiger partial charge on any atom is 0.255 e. The third-order valence-electron chi connectivity index (χ3n) is 5.11. The zero-order chi connectivity index (χ0) is 19.9. The fourth-order valence-corrected chi connectivity index (χ4v) is 3.97. The third kappa shape index (κ3) is 5.42. The Kier molecular flexibility index (Phi) is 6.82. The van der Waals surface area contributed by atoms with Gasteiger partial charge in [0.15, 0.2) is 0 Å². The van der Waals surface area contributed by atoms with Crippen molar-refractivity contribution in [3.8, 4) is 0 Å². The number of hydrogen-bond acceptors (Lipinski definition) is 3. The van der Waals surface area contributed by atoms with E-state index in [-0.39, 0.29) is 11.8 Å². The number of carbonyl (C=O) groups excluding carboxylic acids is 2. The molecule has 0 saturated carbocycles. The lowest BCUT2D eigenvalue weighted by Gasteiger charge is -2.34. The number of hydrogen-bond donors (Lipinski definition) is 2. The highest BCUT2D eigenvalue weighted by Gasteiger charge is 2.21. The molecule has 2 unspecified atom stereocenters. The lowest BCUT2D eigenvalue weighted by Crippen LogP contribution is -2.42. The second-order valence-electron chi connectivity index (χ2n) is 7.83. The van der Waals surface area contributed by atoms with E-state index in [1.54, 1.807) is 30.3 Å². The van der Waals surface area contributed by atoms with E-state index in [9.17, 15) is 9.59 Å². The van der Waals surface area contributed by atoms with Crippen LogP contribution in [0.1, 0.15) is 41.0 Å². The number of nitrogens with zero attached hydrogens (tertiary/aromatic N) is 1. The van der Waals surface area contributed by atoms with Crippen LogP contribution >= 0.6 is 0 Å². The Morgan fingerprint density at radius 1 is 0.929 bits per heavy atom. The lowest BCUT2D eigenvalue weighted by molar-refractivity contribution is 0.0937. The van der Waals surface area contributed by atoms with Gasteiger partial charge in [0.25, 0.3) is 11.8 Å². The first kappa shape index (κ1) is 20.1. The molecule has 1 saturated heterocycles. The van der Waals surface area contributed by atoms with Gasteiger partial charge < -0.3 is 15.5 Å². The Balaban J connectivity index is 1.57. The Morgan fingerprint density at radius 2 is 1.57 bits per heavy atom. The van der Waals surface area contributed by atoms with E-state index in [0.29, 0.717) is 35.2 Å². The topological polar surface area (TPSA) is 61.4 Å². The summed E-state index contributed by atoms with van der Waals surface area (Å²) in [6, 6.07) is 16.1. The van der Waals surface area contributed by atoms with E-state index < -0.39 is 0 Å². The highest BCUT2D eigenvalue weighted by molar-refractivity contribution is 6.08. The molecule has 5 nitrogen and oxygen atoms in total. The van der Waals surface area contributed by atoms with Crippen molar-refractivity contribution >= 4 is 17.5 Å². The van der Waals surface area contributed by atoms with Gasteiger partial charge in [0, 0.05) is 31.7 Å². The smallest absolute Gasteiger partial charge is 0.255 e. The highest BCUT2D eigenvalue weighted by atomic mass is 16.2. The molecular weight excluding hydrogens is 350 g/mol. The van der Waals surface area contributed by atoms with Crippen molar-refractivity contribution in [2.45, 2.75) is 20.3 Å². The molecule has 5 heteroatoms. The van der Waals surface area contributed by atoms with Gasteiger partial charge in [0.1, 0.15) is 0 Å². The molecule has 0 aromatic heterocycles. The van der Waals surface area contributed by atoms with Crippen LogP contribution in [0.25, 0.3) is 0 Å². The number of anilines is 1. The van der Waals surface area contributed by atoms with Gasteiger partial charge >= 0.3 is 0 Å². The zero-order valence-electron chi connectivity index (χ0n) is 16.7. The van der Waals surface area contributed by atoms with Crippen molar-refractivity contribution < 1.29 is 9.59 Å². The van der Waals surface area contributed by atoms with Gasteiger partial charge in [0.05, 0.1) is 11.3 Å². The summed E-state index contributed by atoms with van der Waals surface area (Å²) in [5, 5.41) is 5.85. The number of nitrogens with one attached hydrogen (secondary N) is 2. The summed E-state index contributed by atoms with van der Waals surface area (Å²) in [6.07, 6.45) is 1.28. The van der Waals surface area contributed by atoms with Crippen molar-refractivity contribution in [1.29, 1.82) is 0 Å². The predicted octanol–water partition coefficient (Wildman–Crippen LogP) is 3.65. The van der Waals surface area contributed by atoms with Gasteiger partial charge in [-0.05, 0) is 42.5 Å². The molecular formula is C23H29N3O2. The minimum absolute atomic E-state index is 0.165.